The van der Waals surface area contributed by atoms with Gasteiger partial charge in [0.25, 0.3) is 0 Å². The Labute approximate surface area is 183 Å². The minimum absolute atomic E-state index is 0.0132. The van der Waals surface area contributed by atoms with Gasteiger partial charge in [-0.25, -0.2) is 4.79 Å². The number of esters is 1. The van der Waals surface area contributed by atoms with Crippen molar-refractivity contribution in [3.05, 3.63) is 56.2 Å². The number of imide groups is 1. The van der Waals surface area contributed by atoms with Crippen molar-refractivity contribution in [3.8, 4) is 0 Å². The molecule has 4 rings (SSSR count). The maximum absolute atomic E-state index is 13.2. The lowest BCUT2D eigenvalue weighted by atomic mass is 9.89. The van der Waals surface area contributed by atoms with Crippen LogP contribution in [-0.4, -0.2) is 46.9 Å². The van der Waals surface area contributed by atoms with E-state index in [1.165, 1.54) is 18.4 Å². The lowest BCUT2D eigenvalue weighted by molar-refractivity contribution is -0.146. The third kappa shape index (κ3) is 3.44. The summed E-state index contributed by atoms with van der Waals surface area (Å²) in [5.41, 5.74) is 1.01. The number of carboxylic acids is 1. The Morgan fingerprint density at radius 3 is 2.37 bits per heavy atom. The van der Waals surface area contributed by atoms with Crippen molar-refractivity contribution < 1.29 is 29.0 Å². The molecule has 0 aliphatic carbocycles. The molecule has 10 heteroatoms. The van der Waals surface area contributed by atoms with Gasteiger partial charge in [0.05, 0.1) is 40.9 Å². The van der Waals surface area contributed by atoms with E-state index in [9.17, 15) is 24.3 Å². The van der Waals surface area contributed by atoms with E-state index in [0.29, 0.717) is 11.1 Å². The van der Waals surface area contributed by atoms with Gasteiger partial charge in [0.1, 0.15) is 6.04 Å². The van der Waals surface area contributed by atoms with Crippen LogP contribution in [0.1, 0.15) is 26.8 Å². The number of aliphatic carboxylic acids is 1. The van der Waals surface area contributed by atoms with Crippen LogP contribution in [0.5, 0.6) is 0 Å². The van der Waals surface area contributed by atoms with Crippen LogP contribution >= 0.6 is 27.3 Å². The number of hydrogen-bond donors (Lipinski definition) is 2. The highest BCUT2D eigenvalue weighted by atomic mass is 79.9. The SMILES string of the molecule is COC(=O)c1ccc(CN2C(=O)C3C(C(=O)O)NC(c4ccc(Br)s4)C3C2=O)cc1. The van der Waals surface area contributed by atoms with Crippen LogP contribution in [0, 0.1) is 11.8 Å². The van der Waals surface area contributed by atoms with Gasteiger partial charge in [-0.3, -0.25) is 24.6 Å². The molecular weight excluding hydrogens is 476 g/mol. The Kier molecular flexibility index (Phi) is 5.48. The van der Waals surface area contributed by atoms with Gasteiger partial charge in [0.15, 0.2) is 0 Å². The maximum Gasteiger partial charge on any atom is 0.337 e. The normalized spacial score (nSPS) is 25.5. The molecule has 2 fully saturated rings. The molecule has 2 amide bonds. The summed E-state index contributed by atoms with van der Waals surface area (Å²) in [7, 11) is 1.28. The largest absolute Gasteiger partial charge is 0.480 e. The fourth-order valence-electron chi connectivity index (χ4n) is 4.06. The minimum atomic E-state index is -1.16. The average Bonchev–Trinajstić information content (AvgIpc) is 3.39. The number of fused-ring (bicyclic) bond motifs is 1. The second-order valence-electron chi connectivity index (χ2n) is 7.10. The lowest BCUT2D eigenvalue weighted by Gasteiger charge is -2.20. The molecule has 4 unspecified atom stereocenters. The molecule has 0 saturated carbocycles. The Hall–Kier alpha value is -2.56. The van der Waals surface area contributed by atoms with Gasteiger partial charge in [0, 0.05) is 4.88 Å². The van der Waals surface area contributed by atoms with Crippen molar-refractivity contribution in [3.63, 3.8) is 0 Å². The molecule has 1 aromatic carbocycles. The molecule has 8 nitrogen and oxygen atoms in total. The van der Waals surface area contributed by atoms with Gasteiger partial charge in [-0.2, -0.15) is 0 Å². The van der Waals surface area contributed by atoms with Crippen molar-refractivity contribution in [2.24, 2.45) is 11.8 Å². The lowest BCUT2D eigenvalue weighted by Crippen LogP contribution is -2.42. The molecule has 2 aliphatic rings. The maximum atomic E-state index is 13.2. The van der Waals surface area contributed by atoms with Crippen molar-refractivity contribution in [2.45, 2.75) is 18.6 Å². The summed E-state index contributed by atoms with van der Waals surface area (Å²) in [6.45, 7) is 0.0132. The van der Waals surface area contributed by atoms with Gasteiger partial charge in [-0.1, -0.05) is 12.1 Å². The Balaban J connectivity index is 1.61. The van der Waals surface area contributed by atoms with Crippen LogP contribution in [0.4, 0.5) is 0 Å². The summed E-state index contributed by atoms with van der Waals surface area (Å²) in [5.74, 6) is -4.28. The van der Waals surface area contributed by atoms with E-state index >= 15 is 0 Å². The predicted molar refractivity (Wildman–Crippen MR) is 110 cm³/mol. The van der Waals surface area contributed by atoms with Crippen molar-refractivity contribution in [1.29, 1.82) is 0 Å². The molecule has 30 heavy (non-hydrogen) atoms. The number of likely N-dealkylation sites (tertiary alicyclic amines) is 1. The number of carboxylic acid groups (broad SMARTS) is 1. The number of carbonyl (C=O) groups excluding carboxylic acids is 3. The number of methoxy groups -OCH3 is 1. The van der Waals surface area contributed by atoms with E-state index in [4.69, 9.17) is 0 Å². The number of rotatable bonds is 5. The minimum Gasteiger partial charge on any atom is -0.480 e. The number of carbonyl (C=O) groups is 4. The van der Waals surface area contributed by atoms with Crippen molar-refractivity contribution >= 4 is 51.0 Å². The fraction of sp³-hybridized carbons (Fsp3) is 0.300. The number of hydrogen-bond acceptors (Lipinski definition) is 7. The van der Waals surface area contributed by atoms with Crippen LogP contribution in [0.3, 0.4) is 0 Å². The number of benzene rings is 1. The number of nitrogens with one attached hydrogen (secondary N) is 1. The first-order chi connectivity index (χ1) is 14.3. The first-order valence-electron chi connectivity index (χ1n) is 9.08. The summed E-state index contributed by atoms with van der Waals surface area (Å²) >= 11 is 4.78. The number of nitrogens with zero attached hydrogens (tertiary/aromatic N) is 1. The Morgan fingerprint density at radius 2 is 1.80 bits per heavy atom. The molecule has 1 aromatic heterocycles. The van der Waals surface area contributed by atoms with Crippen LogP contribution in [0.15, 0.2) is 40.2 Å². The summed E-state index contributed by atoms with van der Waals surface area (Å²) in [6, 6.07) is 8.36. The van der Waals surface area contributed by atoms with Gasteiger partial charge in [0.2, 0.25) is 11.8 Å². The highest BCUT2D eigenvalue weighted by Gasteiger charge is 2.61. The van der Waals surface area contributed by atoms with Crippen molar-refractivity contribution in [2.75, 3.05) is 7.11 Å². The fourth-order valence-corrected chi connectivity index (χ4v) is 5.59. The predicted octanol–water partition coefficient (Wildman–Crippen LogP) is 2.20. The summed E-state index contributed by atoms with van der Waals surface area (Å²) in [4.78, 5) is 51.5. The molecule has 0 spiro atoms. The van der Waals surface area contributed by atoms with E-state index < -0.39 is 47.7 Å². The van der Waals surface area contributed by atoms with E-state index in [1.807, 2.05) is 12.1 Å². The van der Waals surface area contributed by atoms with E-state index in [-0.39, 0.29) is 6.54 Å². The Bertz CT molecular complexity index is 1040. The first-order valence-corrected chi connectivity index (χ1v) is 10.7. The third-order valence-corrected chi connectivity index (χ3v) is 7.16. The molecule has 2 N–H and O–H groups in total. The molecule has 0 radical (unpaired) electrons. The zero-order chi connectivity index (χ0) is 21.6. The van der Waals surface area contributed by atoms with Gasteiger partial charge in [-0.05, 0) is 45.8 Å². The van der Waals surface area contributed by atoms with Crippen LogP contribution in [-0.2, 0) is 25.7 Å². The van der Waals surface area contributed by atoms with Crippen LogP contribution in [0.25, 0.3) is 0 Å². The van der Waals surface area contributed by atoms with Gasteiger partial charge >= 0.3 is 11.9 Å². The van der Waals surface area contributed by atoms with E-state index in [2.05, 4.69) is 26.0 Å². The van der Waals surface area contributed by atoms with Crippen LogP contribution in [0.2, 0.25) is 0 Å². The summed E-state index contributed by atoms with van der Waals surface area (Å²) in [6.07, 6.45) is 0. The smallest absolute Gasteiger partial charge is 0.337 e. The quantitative estimate of drug-likeness (QED) is 0.485. The summed E-state index contributed by atoms with van der Waals surface area (Å²) in [5, 5.41) is 12.6. The standard InChI is InChI=1S/C20H17BrN2O6S/c1-29-20(28)10-4-2-9(3-5-10)8-23-17(24)13-14(18(23)25)16(19(26)27)22-15(13)11-6-7-12(21)30-11/h2-7,13-16,22H,8H2,1H3,(H,26,27). The molecule has 2 aliphatic heterocycles. The summed E-state index contributed by atoms with van der Waals surface area (Å²) < 4.78 is 5.52. The highest BCUT2D eigenvalue weighted by molar-refractivity contribution is 9.11. The molecule has 2 saturated heterocycles. The second kappa shape index (κ2) is 7.93. The number of halogens is 1. The molecular formula is C20H17BrN2O6S. The molecule has 156 valence electrons. The number of ether oxygens (including phenoxy) is 1. The molecule has 2 aromatic rings. The average molecular weight is 493 g/mol. The zero-order valence-corrected chi connectivity index (χ0v) is 18.1. The Morgan fingerprint density at radius 1 is 1.13 bits per heavy atom. The number of thiophene rings is 1. The molecule has 4 atom stereocenters. The number of amides is 2. The van der Waals surface area contributed by atoms with Gasteiger partial charge in [-0.15, -0.1) is 11.3 Å². The first kappa shape index (κ1) is 20.7. The zero-order valence-electron chi connectivity index (χ0n) is 15.7. The third-order valence-electron chi connectivity index (χ3n) is 5.45. The van der Waals surface area contributed by atoms with E-state index in [0.717, 1.165) is 13.6 Å². The van der Waals surface area contributed by atoms with Gasteiger partial charge < -0.3 is 9.84 Å². The second-order valence-corrected chi connectivity index (χ2v) is 9.60. The van der Waals surface area contributed by atoms with Crippen LogP contribution < -0.4 is 5.32 Å². The van der Waals surface area contributed by atoms with Crippen molar-refractivity contribution in [1.82, 2.24) is 10.2 Å². The molecule has 3 heterocycles. The highest BCUT2D eigenvalue weighted by Crippen LogP contribution is 2.46. The van der Waals surface area contributed by atoms with E-state index in [1.54, 1.807) is 24.3 Å². The monoisotopic (exact) mass is 492 g/mol. The topological polar surface area (TPSA) is 113 Å². The molecule has 0 bridgehead atoms.